The van der Waals surface area contributed by atoms with E-state index in [9.17, 15) is 0 Å². The van der Waals surface area contributed by atoms with Crippen molar-refractivity contribution in [2.75, 3.05) is 39.4 Å². The molecule has 2 fully saturated rings. The molecule has 1 saturated carbocycles. The molecular weight excluding hydrogens is 248 g/mol. The van der Waals surface area contributed by atoms with Crippen molar-refractivity contribution in [2.24, 2.45) is 5.92 Å². The highest BCUT2D eigenvalue weighted by Gasteiger charge is 2.31. The molecule has 0 spiro atoms. The van der Waals surface area contributed by atoms with Crippen molar-refractivity contribution in [1.82, 2.24) is 10.2 Å². The third-order valence-corrected chi connectivity index (χ3v) is 4.50. The van der Waals surface area contributed by atoms with E-state index in [0.29, 0.717) is 0 Å². The van der Waals surface area contributed by atoms with Gasteiger partial charge >= 0.3 is 0 Å². The van der Waals surface area contributed by atoms with Gasteiger partial charge in [0.15, 0.2) is 0 Å². The number of ether oxygens (including phenoxy) is 1. The molecule has 110 valence electrons. The Morgan fingerprint density at radius 3 is 2.85 bits per heavy atom. The average molecular weight is 274 g/mol. The van der Waals surface area contributed by atoms with Crippen LogP contribution in [0.3, 0.4) is 0 Å². The van der Waals surface area contributed by atoms with Gasteiger partial charge in [-0.3, -0.25) is 4.90 Å². The maximum Gasteiger partial charge on any atom is 0.0593 e. The van der Waals surface area contributed by atoms with Gasteiger partial charge in [-0.1, -0.05) is 30.3 Å². The van der Waals surface area contributed by atoms with E-state index in [4.69, 9.17) is 4.74 Å². The van der Waals surface area contributed by atoms with Crippen LogP contribution in [0.2, 0.25) is 0 Å². The van der Waals surface area contributed by atoms with Crippen LogP contribution in [-0.2, 0) is 10.3 Å². The summed E-state index contributed by atoms with van der Waals surface area (Å²) in [6.07, 6.45) is 2.75. The van der Waals surface area contributed by atoms with Gasteiger partial charge in [-0.2, -0.15) is 0 Å². The molecule has 1 unspecified atom stereocenters. The number of hydrogen-bond acceptors (Lipinski definition) is 3. The van der Waals surface area contributed by atoms with Crippen molar-refractivity contribution in [1.29, 1.82) is 0 Å². The van der Waals surface area contributed by atoms with E-state index in [2.05, 4.69) is 47.5 Å². The largest absolute Gasteiger partial charge is 0.380 e. The van der Waals surface area contributed by atoms with E-state index in [1.54, 1.807) is 0 Å². The normalized spacial score (nSPS) is 27.6. The first-order valence-corrected chi connectivity index (χ1v) is 7.87. The summed E-state index contributed by atoms with van der Waals surface area (Å²) in [6, 6.07) is 10.8. The van der Waals surface area contributed by atoms with Crippen LogP contribution < -0.4 is 5.32 Å². The molecular formula is C17H26N2O. The summed E-state index contributed by atoms with van der Waals surface area (Å²) in [5, 5.41) is 3.68. The molecule has 1 heterocycles. The van der Waals surface area contributed by atoms with E-state index in [0.717, 1.165) is 45.3 Å². The number of nitrogens with one attached hydrogen (secondary N) is 1. The Balaban J connectivity index is 1.50. The van der Waals surface area contributed by atoms with Crippen molar-refractivity contribution < 1.29 is 4.74 Å². The Bertz CT molecular complexity index is 418. The summed E-state index contributed by atoms with van der Waals surface area (Å²) in [7, 11) is 0. The fraction of sp³-hybridized carbons (Fsp3) is 0.647. The van der Waals surface area contributed by atoms with Gasteiger partial charge in [-0.05, 0) is 31.2 Å². The molecule has 0 bridgehead atoms. The van der Waals surface area contributed by atoms with E-state index < -0.39 is 0 Å². The zero-order valence-corrected chi connectivity index (χ0v) is 12.5. The molecule has 1 N–H and O–H groups in total. The second kappa shape index (κ2) is 6.25. The molecule has 0 radical (unpaired) electrons. The highest BCUT2D eigenvalue weighted by Crippen LogP contribution is 2.28. The summed E-state index contributed by atoms with van der Waals surface area (Å²) in [5.74, 6) is 0.868. The number of piperazine rings is 1. The molecule has 0 aromatic heterocycles. The van der Waals surface area contributed by atoms with Crippen LogP contribution in [0, 0.1) is 5.92 Å². The summed E-state index contributed by atoms with van der Waals surface area (Å²) in [6.45, 7) is 8.44. The predicted octanol–water partition coefficient (Wildman–Crippen LogP) is 2.23. The van der Waals surface area contributed by atoms with Crippen LogP contribution in [0.15, 0.2) is 30.3 Å². The van der Waals surface area contributed by atoms with Crippen LogP contribution in [0.1, 0.15) is 25.3 Å². The zero-order chi connectivity index (χ0) is 13.8. The SMILES string of the molecule is CC1(c2ccccc2)CN(CCOCC2CC2)CCN1. The fourth-order valence-corrected chi connectivity index (χ4v) is 2.99. The number of rotatable bonds is 6. The van der Waals surface area contributed by atoms with Crippen molar-refractivity contribution >= 4 is 0 Å². The van der Waals surface area contributed by atoms with Crippen LogP contribution in [0.4, 0.5) is 0 Å². The zero-order valence-electron chi connectivity index (χ0n) is 12.5. The lowest BCUT2D eigenvalue weighted by atomic mass is 9.90. The Hall–Kier alpha value is -0.900. The van der Waals surface area contributed by atoms with Crippen molar-refractivity contribution in [2.45, 2.75) is 25.3 Å². The lowest BCUT2D eigenvalue weighted by Crippen LogP contribution is -2.57. The molecule has 3 nitrogen and oxygen atoms in total. The van der Waals surface area contributed by atoms with Crippen LogP contribution in [0.5, 0.6) is 0 Å². The highest BCUT2D eigenvalue weighted by molar-refractivity contribution is 5.24. The highest BCUT2D eigenvalue weighted by atomic mass is 16.5. The van der Waals surface area contributed by atoms with Gasteiger partial charge in [0.2, 0.25) is 0 Å². The van der Waals surface area contributed by atoms with E-state index in [1.165, 1.54) is 18.4 Å². The maximum atomic E-state index is 5.77. The Morgan fingerprint density at radius 1 is 1.30 bits per heavy atom. The Kier molecular flexibility index (Phi) is 4.39. The van der Waals surface area contributed by atoms with Gasteiger partial charge in [0, 0.05) is 32.8 Å². The van der Waals surface area contributed by atoms with Crippen molar-refractivity contribution in [3.05, 3.63) is 35.9 Å². The van der Waals surface area contributed by atoms with Gasteiger partial charge in [0.25, 0.3) is 0 Å². The van der Waals surface area contributed by atoms with E-state index in [-0.39, 0.29) is 5.54 Å². The first-order chi connectivity index (χ1) is 9.76. The molecule has 1 aliphatic heterocycles. The standard InChI is InChI=1S/C17H26N2O/c1-17(16-5-3-2-4-6-16)14-19(10-9-18-17)11-12-20-13-15-7-8-15/h2-6,15,18H,7-14H2,1H3. The first kappa shape index (κ1) is 14.1. The number of hydrogen-bond donors (Lipinski definition) is 1. The molecule has 1 aliphatic carbocycles. The van der Waals surface area contributed by atoms with Gasteiger partial charge in [0.1, 0.15) is 0 Å². The van der Waals surface area contributed by atoms with E-state index >= 15 is 0 Å². The maximum absolute atomic E-state index is 5.77. The molecule has 2 aliphatic rings. The predicted molar refractivity (Wildman–Crippen MR) is 81.8 cm³/mol. The molecule has 1 aromatic rings. The minimum Gasteiger partial charge on any atom is -0.380 e. The van der Waals surface area contributed by atoms with Crippen LogP contribution >= 0.6 is 0 Å². The van der Waals surface area contributed by atoms with Gasteiger partial charge in [-0.15, -0.1) is 0 Å². The van der Waals surface area contributed by atoms with E-state index in [1.807, 2.05) is 0 Å². The molecule has 20 heavy (non-hydrogen) atoms. The molecule has 1 saturated heterocycles. The summed E-state index contributed by atoms with van der Waals surface area (Å²) in [5.41, 5.74) is 1.44. The second-order valence-corrected chi connectivity index (χ2v) is 6.42. The number of benzene rings is 1. The molecule has 1 aromatic carbocycles. The molecule has 0 amide bonds. The Morgan fingerprint density at radius 2 is 2.10 bits per heavy atom. The van der Waals surface area contributed by atoms with Crippen molar-refractivity contribution in [3.63, 3.8) is 0 Å². The molecule has 3 heteroatoms. The minimum atomic E-state index is 0.0655. The summed E-state index contributed by atoms with van der Waals surface area (Å²) < 4.78 is 5.77. The van der Waals surface area contributed by atoms with Crippen LogP contribution in [-0.4, -0.2) is 44.3 Å². The second-order valence-electron chi connectivity index (χ2n) is 6.42. The van der Waals surface area contributed by atoms with Crippen LogP contribution in [0.25, 0.3) is 0 Å². The average Bonchev–Trinajstić information content (AvgIpc) is 3.29. The molecule has 3 rings (SSSR count). The third kappa shape index (κ3) is 3.60. The third-order valence-electron chi connectivity index (χ3n) is 4.50. The fourth-order valence-electron chi connectivity index (χ4n) is 2.99. The Labute approximate surface area is 122 Å². The number of nitrogens with zero attached hydrogens (tertiary/aromatic N) is 1. The molecule has 1 atom stereocenters. The summed E-state index contributed by atoms with van der Waals surface area (Å²) >= 11 is 0. The summed E-state index contributed by atoms with van der Waals surface area (Å²) in [4.78, 5) is 2.52. The smallest absolute Gasteiger partial charge is 0.0593 e. The topological polar surface area (TPSA) is 24.5 Å². The lowest BCUT2D eigenvalue weighted by molar-refractivity contribution is 0.0712. The quantitative estimate of drug-likeness (QED) is 0.805. The van der Waals surface area contributed by atoms with Gasteiger partial charge in [0.05, 0.1) is 12.1 Å². The van der Waals surface area contributed by atoms with Gasteiger partial charge < -0.3 is 10.1 Å². The lowest BCUT2D eigenvalue weighted by Gasteiger charge is -2.42. The minimum absolute atomic E-state index is 0.0655. The monoisotopic (exact) mass is 274 g/mol. The van der Waals surface area contributed by atoms with Crippen molar-refractivity contribution in [3.8, 4) is 0 Å². The first-order valence-electron chi connectivity index (χ1n) is 7.87. The van der Waals surface area contributed by atoms with Gasteiger partial charge in [-0.25, -0.2) is 0 Å².